The van der Waals surface area contributed by atoms with Crippen LogP contribution in [0.4, 0.5) is 0 Å². The van der Waals surface area contributed by atoms with Gasteiger partial charge in [0, 0.05) is 22.4 Å². The van der Waals surface area contributed by atoms with E-state index < -0.39 is 17.9 Å². The van der Waals surface area contributed by atoms with Gasteiger partial charge in [-0.05, 0) is 42.0 Å². The Labute approximate surface area is 202 Å². The van der Waals surface area contributed by atoms with Gasteiger partial charge >= 0.3 is 5.97 Å². The Balaban J connectivity index is 1.88. The van der Waals surface area contributed by atoms with E-state index in [2.05, 4.69) is 6.58 Å². The summed E-state index contributed by atoms with van der Waals surface area (Å²) in [5.41, 5.74) is 2.05. The molecule has 7 heteroatoms. The van der Waals surface area contributed by atoms with Gasteiger partial charge in [0.25, 0.3) is 5.79 Å². The van der Waals surface area contributed by atoms with Crippen molar-refractivity contribution in [2.75, 3.05) is 20.8 Å². The van der Waals surface area contributed by atoms with Gasteiger partial charge in [0.2, 0.25) is 0 Å². The van der Waals surface area contributed by atoms with E-state index in [0.29, 0.717) is 28.4 Å². The van der Waals surface area contributed by atoms with Crippen molar-refractivity contribution < 1.29 is 28.8 Å². The molecule has 4 rings (SSSR count). The summed E-state index contributed by atoms with van der Waals surface area (Å²) in [6.07, 6.45) is 1.15. The first-order valence-corrected chi connectivity index (χ1v) is 11.6. The Hall–Kier alpha value is -3.39. The van der Waals surface area contributed by atoms with Crippen LogP contribution in [-0.4, -0.2) is 31.9 Å². The molecule has 0 spiro atoms. The minimum atomic E-state index is -1.95. The Bertz CT molecular complexity index is 1180. The van der Waals surface area contributed by atoms with Crippen LogP contribution in [0.15, 0.2) is 90.5 Å². The van der Waals surface area contributed by atoms with E-state index in [9.17, 15) is 9.90 Å². The maximum Gasteiger partial charge on any atom is 0.340 e. The van der Waals surface area contributed by atoms with E-state index >= 15 is 0 Å². The highest BCUT2D eigenvalue weighted by molar-refractivity contribution is 7.13. The largest absolute Gasteiger partial charge is 0.497 e. The number of methoxy groups -OCH3 is 2. The Morgan fingerprint density at radius 3 is 2.41 bits per heavy atom. The second-order valence-corrected chi connectivity index (χ2v) is 8.76. The van der Waals surface area contributed by atoms with Gasteiger partial charge in [-0.1, -0.05) is 36.4 Å². The average Bonchev–Trinajstić information content (AvgIpc) is 3.44. The van der Waals surface area contributed by atoms with E-state index in [4.69, 9.17) is 18.9 Å². The van der Waals surface area contributed by atoms with E-state index in [-0.39, 0.29) is 12.2 Å². The van der Waals surface area contributed by atoms with Gasteiger partial charge in [0.1, 0.15) is 11.9 Å². The van der Waals surface area contributed by atoms with Crippen molar-refractivity contribution in [3.05, 3.63) is 107 Å². The molecule has 0 saturated carbocycles. The van der Waals surface area contributed by atoms with Crippen molar-refractivity contribution in [3.63, 3.8) is 0 Å². The maximum atomic E-state index is 13.3. The summed E-state index contributed by atoms with van der Waals surface area (Å²) >= 11 is 1.37. The number of cyclic esters (lactones) is 1. The van der Waals surface area contributed by atoms with Crippen LogP contribution in [0.3, 0.4) is 0 Å². The summed E-state index contributed by atoms with van der Waals surface area (Å²) in [5.74, 6) is -1.96. The molecule has 2 heterocycles. The minimum absolute atomic E-state index is 0.210. The molecule has 2 atom stereocenters. The molecule has 3 aromatic rings. The molecule has 6 nitrogen and oxygen atoms in total. The van der Waals surface area contributed by atoms with Crippen molar-refractivity contribution in [1.29, 1.82) is 0 Å². The minimum Gasteiger partial charge on any atom is -0.497 e. The van der Waals surface area contributed by atoms with Crippen LogP contribution in [0, 0.1) is 0 Å². The zero-order valence-corrected chi connectivity index (χ0v) is 19.8. The quantitative estimate of drug-likeness (QED) is 0.328. The molecule has 2 unspecified atom stereocenters. The van der Waals surface area contributed by atoms with E-state index in [1.54, 1.807) is 44.6 Å². The Kier molecular flexibility index (Phi) is 7.17. The van der Waals surface area contributed by atoms with Crippen molar-refractivity contribution >= 4 is 17.3 Å². The summed E-state index contributed by atoms with van der Waals surface area (Å²) in [6.45, 7) is 3.94. The standard InChI is InChI=1S/C27H26O6S/c1-4-16-32-25(22-14-15-23(31-3)34-22)24-21(17-18-8-6-5-7-9-18)27(29,33-26(24)28)19-10-12-20(30-2)13-11-19/h4-15,25,29H,1,16-17H2,2-3H3. The van der Waals surface area contributed by atoms with E-state index in [1.165, 1.54) is 11.3 Å². The third kappa shape index (κ3) is 4.63. The summed E-state index contributed by atoms with van der Waals surface area (Å²) in [4.78, 5) is 14.1. The van der Waals surface area contributed by atoms with Gasteiger partial charge in [0.05, 0.1) is 26.4 Å². The molecule has 34 heavy (non-hydrogen) atoms. The van der Waals surface area contributed by atoms with E-state index in [1.807, 2.05) is 42.5 Å². The maximum absolute atomic E-state index is 13.3. The molecule has 0 saturated heterocycles. The summed E-state index contributed by atoms with van der Waals surface area (Å²) in [6, 6.07) is 20.1. The topological polar surface area (TPSA) is 74.2 Å². The lowest BCUT2D eigenvalue weighted by Crippen LogP contribution is -2.29. The smallest absolute Gasteiger partial charge is 0.340 e. The third-order valence-corrected chi connectivity index (χ3v) is 6.69. The van der Waals surface area contributed by atoms with Crippen LogP contribution in [0.5, 0.6) is 10.8 Å². The molecule has 1 aliphatic heterocycles. The van der Waals surface area contributed by atoms with Crippen LogP contribution < -0.4 is 9.47 Å². The second-order valence-electron chi connectivity index (χ2n) is 7.68. The molecule has 0 radical (unpaired) electrons. The highest BCUT2D eigenvalue weighted by Gasteiger charge is 2.50. The number of hydrogen-bond donors (Lipinski definition) is 1. The Morgan fingerprint density at radius 2 is 1.79 bits per heavy atom. The average molecular weight is 479 g/mol. The zero-order chi connectivity index (χ0) is 24.1. The van der Waals surface area contributed by atoms with Gasteiger partial charge in [0.15, 0.2) is 5.06 Å². The number of thiophene rings is 1. The van der Waals surface area contributed by atoms with E-state index in [0.717, 1.165) is 10.4 Å². The monoisotopic (exact) mass is 478 g/mol. The van der Waals surface area contributed by atoms with Gasteiger partial charge in [-0.2, -0.15) is 0 Å². The molecule has 0 aliphatic carbocycles. The molecule has 2 aromatic carbocycles. The number of esters is 1. The summed E-state index contributed by atoms with van der Waals surface area (Å²) < 4.78 is 22.3. The van der Waals surface area contributed by atoms with Crippen LogP contribution in [0.25, 0.3) is 0 Å². The summed E-state index contributed by atoms with van der Waals surface area (Å²) in [7, 11) is 3.15. The zero-order valence-electron chi connectivity index (χ0n) is 19.0. The number of rotatable bonds is 10. The molecule has 0 bridgehead atoms. The molecular formula is C27H26O6S. The molecule has 1 aliphatic rings. The fourth-order valence-electron chi connectivity index (χ4n) is 3.94. The molecule has 0 amide bonds. The number of benzene rings is 2. The van der Waals surface area contributed by atoms with Crippen molar-refractivity contribution in [2.24, 2.45) is 0 Å². The fourth-order valence-corrected chi connectivity index (χ4v) is 4.82. The first kappa shape index (κ1) is 23.8. The van der Waals surface area contributed by atoms with Gasteiger partial charge in [-0.15, -0.1) is 17.9 Å². The third-order valence-electron chi connectivity index (χ3n) is 5.60. The second kappa shape index (κ2) is 10.3. The first-order chi connectivity index (χ1) is 16.5. The number of carbonyl (C=O) groups excluding carboxylic acids is 1. The number of carbonyl (C=O) groups is 1. The Morgan fingerprint density at radius 1 is 1.06 bits per heavy atom. The molecule has 176 valence electrons. The lowest BCUT2D eigenvalue weighted by molar-refractivity contribution is -0.186. The lowest BCUT2D eigenvalue weighted by atomic mass is 9.88. The van der Waals surface area contributed by atoms with Crippen LogP contribution >= 0.6 is 11.3 Å². The van der Waals surface area contributed by atoms with Crippen molar-refractivity contribution in [1.82, 2.24) is 0 Å². The van der Waals surface area contributed by atoms with Gasteiger partial charge in [-0.3, -0.25) is 0 Å². The van der Waals surface area contributed by atoms with Crippen LogP contribution in [0.1, 0.15) is 22.1 Å². The van der Waals surface area contributed by atoms with Crippen LogP contribution in [0.2, 0.25) is 0 Å². The van der Waals surface area contributed by atoms with Crippen molar-refractivity contribution in [2.45, 2.75) is 18.3 Å². The predicted molar refractivity (Wildman–Crippen MR) is 130 cm³/mol. The number of hydrogen-bond acceptors (Lipinski definition) is 7. The fraction of sp³-hybridized carbons (Fsp3) is 0.222. The highest BCUT2D eigenvalue weighted by atomic mass is 32.1. The van der Waals surface area contributed by atoms with Gasteiger partial charge in [-0.25, -0.2) is 4.79 Å². The van der Waals surface area contributed by atoms with Crippen molar-refractivity contribution in [3.8, 4) is 10.8 Å². The highest BCUT2D eigenvalue weighted by Crippen LogP contribution is 2.47. The molecule has 1 aromatic heterocycles. The molecular weight excluding hydrogens is 452 g/mol. The molecule has 0 fully saturated rings. The normalized spacial score (nSPS) is 18.5. The SMILES string of the molecule is C=CCOC(C1=C(Cc2ccccc2)C(O)(c2ccc(OC)cc2)OC1=O)c1ccc(OC)s1. The van der Waals surface area contributed by atoms with Gasteiger partial charge < -0.3 is 24.1 Å². The predicted octanol–water partition coefficient (Wildman–Crippen LogP) is 4.95. The summed E-state index contributed by atoms with van der Waals surface area (Å²) in [5, 5.41) is 12.5. The number of ether oxygens (including phenoxy) is 4. The van der Waals surface area contributed by atoms with Crippen LogP contribution in [-0.2, 0) is 26.5 Å². The first-order valence-electron chi connectivity index (χ1n) is 10.7. The number of aliphatic hydroxyl groups is 1. The lowest BCUT2D eigenvalue weighted by Gasteiger charge is -2.26. The molecule has 1 N–H and O–H groups in total.